The minimum Gasteiger partial charge on any atom is -0.481 e. The molecule has 1 unspecified atom stereocenters. The van der Waals surface area contributed by atoms with Crippen LogP contribution in [0.2, 0.25) is 0 Å². The molecule has 0 saturated heterocycles. The first-order valence-corrected chi connectivity index (χ1v) is 7.29. The van der Waals surface area contributed by atoms with Crippen LogP contribution in [0.3, 0.4) is 0 Å². The van der Waals surface area contributed by atoms with Crippen molar-refractivity contribution in [3.05, 3.63) is 16.1 Å². The molecule has 20 heavy (non-hydrogen) atoms. The normalized spacial score (nSPS) is 13.0. The molecule has 0 aliphatic rings. The van der Waals surface area contributed by atoms with Crippen LogP contribution in [0, 0.1) is 5.41 Å². The predicted molar refractivity (Wildman–Crippen MR) is 77.8 cm³/mol. The number of amides is 1. The minimum atomic E-state index is -0.938. The third kappa shape index (κ3) is 4.90. The Bertz CT molecular complexity index is 479. The summed E-state index contributed by atoms with van der Waals surface area (Å²) < 4.78 is 0. The predicted octanol–water partition coefficient (Wildman–Crippen LogP) is 1.26. The highest BCUT2D eigenvalue weighted by atomic mass is 32.1. The van der Waals surface area contributed by atoms with E-state index in [1.807, 2.05) is 20.8 Å². The van der Waals surface area contributed by atoms with Crippen molar-refractivity contribution in [1.82, 2.24) is 10.3 Å². The molecule has 4 N–H and O–H groups in total. The SMILES string of the molecule is CC(C)(C)C(CC(=O)O)NC(=O)c1csc(CCN)n1. The van der Waals surface area contributed by atoms with Gasteiger partial charge in [-0.2, -0.15) is 0 Å². The molecule has 0 fully saturated rings. The van der Waals surface area contributed by atoms with E-state index in [1.54, 1.807) is 5.38 Å². The van der Waals surface area contributed by atoms with Crippen molar-refractivity contribution in [2.45, 2.75) is 39.7 Å². The third-order valence-corrected chi connectivity index (χ3v) is 3.78. The summed E-state index contributed by atoms with van der Waals surface area (Å²) in [6.07, 6.45) is 0.519. The Hall–Kier alpha value is -1.47. The standard InChI is InChI=1S/C13H21N3O3S/c1-13(2,3)9(6-11(17)18)16-12(19)8-7-20-10(15-8)4-5-14/h7,9H,4-6,14H2,1-3H3,(H,16,19)(H,17,18). The van der Waals surface area contributed by atoms with E-state index in [-0.39, 0.29) is 17.7 Å². The zero-order valence-electron chi connectivity index (χ0n) is 12.0. The van der Waals surface area contributed by atoms with Crippen LogP contribution < -0.4 is 11.1 Å². The first kappa shape index (κ1) is 16.6. The molecule has 1 aromatic rings. The zero-order chi connectivity index (χ0) is 15.3. The topological polar surface area (TPSA) is 105 Å². The van der Waals surface area contributed by atoms with Gasteiger partial charge in [-0.25, -0.2) is 4.98 Å². The van der Waals surface area contributed by atoms with Gasteiger partial charge in [0.1, 0.15) is 5.69 Å². The molecule has 0 saturated carbocycles. The average molecular weight is 299 g/mol. The highest BCUT2D eigenvalue weighted by Crippen LogP contribution is 2.22. The van der Waals surface area contributed by atoms with Crippen LogP contribution in [0.1, 0.15) is 42.7 Å². The van der Waals surface area contributed by atoms with Gasteiger partial charge in [0.2, 0.25) is 0 Å². The Morgan fingerprint density at radius 2 is 2.15 bits per heavy atom. The van der Waals surface area contributed by atoms with Gasteiger partial charge < -0.3 is 16.2 Å². The fourth-order valence-electron chi connectivity index (χ4n) is 1.63. The lowest BCUT2D eigenvalue weighted by Gasteiger charge is -2.30. The molecule has 1 aromatic heterocycles. The zero-order valence-corrected chi connectivity index (χ0v) is 12.8. The highest BCUT2D eigenvalue weighted by Gasteiger charge is 2.29. The lowest BCUT2D eigenvalue weighted by Crippen LogP contribution is -2.45. The summed E-state index contributed by atoms with van der Waals surface area (Å²) in [5.41, 5.74) is 5.41. The van der Waals surface area contributed by atoms with Gasteiger partial charge in [-0.05, 0) is 12.0 Å². The first-order valence-electron chi connectivity index (χ1n) is 6.41. The number of carboxylic acids is 1. The Morgan fingerprint density at radius 3 is 2.65 bits per heavy atom. The van der Waals surface area contributed by atoms with Gasteiger partial charge >= 0.3 is 5.97 Å². The number of aliphatic carboxylic acids is 1. The molecule has 0 aliphatic carbocycles. The molecule has 1 atom stereocenters. The lowest BCUT2D eigenvalue weighted by atomic mass is 9.84. The van der Waals surface area contributed by atoms with Crippen molar-refractivity contribution in [3.63, 3.8) is 0 Å². The molecule has 112 valence electrons. The van der Waals surface area contributed by atoms with Crippen LogP contribution in [-0.2, 0) is 11.2 Å². The summed E-state index contributed by atoms with van der Waals surface area (Å²) in [7, 11) is 0. The second-order valence-electron chi connectivity index (χ2n) is 5.66. The van der Waals surface area contributed by atoms with E-state index in [1.165, 1.54) is 11.3 Å². The Labute approximate surface area is 122 Å². The number of carbonyl (C=O) groups is 2. The maximum absolute atomic E-state index is 12.1. The Morgan fingerprint density at radius 1 is 1.50 bits per heavy atom. The van der Waals surface area contributed by atoms with E-state index < -0.39 is 12.0 Å². The number of hydrogen-bond acceptors (Lipinski definition) is 5. The number of carboxylic acid groups (broad SMARTS) is 1. The van der Waals surface area contributed by atoms with Crippen LogP contribution >= 0.6 is 11.3 Å². The fourth-order valence-corrected chi connectivity index (χ4v) is 2.43. The monoisotopic (exact) mass is 299 g/mol. The average Bonchev–Trinajstić information content (AvgIpc) is 2.75. The number of rotatable bonds is 6. The molecular formula is C13H21N3O3S. The van der Waals surface area contributed by atoms with Gasteiger partial charge in [0, 0.05) is 17.8 Å². The molecule has 1 amide bonds. The number of nitrogens with zero attached hydrogens (tertiary/aromatic N) is 1. The van der Waals surface area contributed by atoms with Gasteiger partial charge in [-0.3, -0.25) is 9.59 Å². The number of nitrogens with two attached hydrogens (primary N) is 1. The molecule has 0 spiro atoms. The molecule has 1 rings (SSSR count). The van der Waals surface area contributed by atoms with Crippen molar-refractivity contribution in [1.29, 1.82) is 0 Å². The number of aromatic nitrogens is 1. The van der Waals surface area contributed by atoms with E-state index >= 15 is 0 Å². The molecule has 0 aromatic carbocycles. The molecule has 1 heterocycles. The van der Waals surface area contributed by atoms with E-state index in [9.17, 15) is 9.59 Å². The Kier molecular flexibility index (Phi) is 5.64. The minimum absolute atomic E-state index is 0.116. The van der Waals surface area contributed by atoms with Gasteiger partial charge in [-0.15, -0.1) is 11.3 Å². The molecule has 7 heteroatoms. The molecule has 0 bridgehead atoms. The van der Waals surface area contributed by atoms with Gasteiger partial charge in [0.05, 0.1) is 11.4 Å². The van der Waals surface area contributed by atoms with Gasteiger partial charge in [0.25, 0.3) is 5.91 Å². The van der Waals surface area contributed by atoms with Crippen molar-refractivity contribution >= 4 is 23.2 Å². The molecular weight excluding hydrogens is 278 g/mol. The van der Waals surface area contributed by atoms with Crippen LogP contribution in [0.5, 0.6) is 0 Å². The van der Waals surface area contributed by atoms with E-state index in [2.05, 4.69) is 10.3 Å². The molecule has 0 aliphatic heterocycles. The van der Waals surface area contributed by atoms with E-state index in [0.717, 1.165) is 5.01 Å². The summed E-state index contributed by atoms with van der Waals surface area (Å²) >= 11 is 1.38. The van der Waals surface area contributed by atoms with E-state index in [0.29, 0.717) is 18.7 Å². The number of carbonyl (C=O) groups excluding carboxylic acids is 1. The summed E-state index contributed by atoms with van der Waals surface area (Å²) in [4.78, 5) is 27.2. The number of thiazole rings is 1. The molecule has 6 nitrogen and oxygen atoms in total. The highest BCUT2D eigenvalue weighted by molar-refractivity contribution is 7.09. The maximum atomic E-state index is 12.1. The van der Waals surface area contributed by atoms with Crippen LogP contribution in [0.25, 0.3) is 0 Å². The van der Waals surface area contributed by atoms with Gasteiger partial charge in [-0.1, -0.05) is 20.8 Å². The Balaban J connectivity index is 2.76. The second-order valence-corrected chi connectivity index (χ2v) is 6.60. The van der Waals surface area contributed by atoms with E-state index in [4.69, 9.17) is 10.8 Å². The second kappa shape index (κ2) is 6.81. The summed E-state index contributed by atoms with van der Waals surface area (Å²) in [5, 5.41) is 14.2. The van der Waals surface area contributed by atoms with Crippen molar-refractivity contribution in [3.8, 4) is 0 Å². The lowest BCUT2D eigenvalue weighted by molar-refractivity contribution is -0.138. The van der Waals surface area contributed by atoms with Crippen LogP contribution in [0.15, 0.2) is 5.38 Å². The maximum Gasteiger partial charge on any atom is 0.305 e. The largest absolute Gasteiger partial charge is 0.481 e. The summed E-state index contributed by atoms with van der Waals surface area (Å²) in [6, 6.07) is -0.452. The third-order valence-electron chi connectivity index (χ3n) is 2.87. The molecule has 0 radical (unpaired) electrons. The van der Waals surface area contributed by atoms with Crippen molar-refractivity contribution in [2.24, 2.45) is 11.1 Å². The smallest absolute Gasteiger partial charge is 0.305 e. The summed E-state index contributed by atoms with van der Waals surface area (Å²) in [6.45, 7) is 6.16. The summed E-state index contributed by atoms with van der Waals surface area (Å²) in [5.74, 6) is -1.28. The van der Waals surface area contributed by atoms with Gasteiger partial charge in [0.15, 0.2) is 0 Å². The first-order chi connectivity index (χ1) is 9.24. The van der Waals surface area contributed by atoms with Crippen molar-refractivity contribution in [2.75, 3.05) is 6.54 Å². The van der Waals surface area contributed by atoms with Crippen LogP contribution in [-0.4, -0.2) is 34.6 Å². The van der Waals surface area contributed by atoms with Crippen molar-refractivity contribution < 1.29 is 14.7 Å². The number of hydrogen-bond donors (Lipinski definition) is 3. The fraction of sp³-hybridized carbons (Fsp3) is 0.615. The quantitative estimate of drug-likeness (QED) is 0.733. The van der Waals surface area contributed by atoms with Crippen LogP contribution in [0.4, 0.5) is 0 Å². The number of nitrogens with one attached hydrogen (secondary N) is 1.